The Morgan fingerprint density at radius 2 is 2.20 bits per heavy atom. The molecule has 0 aliphatic carbocycles. The van der Waals surface area contributed by atoms with Crippen LogP contribution in [0.5, 0.6) is 0 Å². The van der Waals surface area contributed by atoms with Crippen molar-refractivity contribution in [2.75, 3.05) is 18.9 Å². The van der Waals surface area contributed by atoms with Crippen molar-refractivity contribution in [2.24, 2.45) is 0 Å². The van der Waals surface area contributed by atoms with Gasteiger partial charge in [-0.3, -0.25) is 4.79 Å². The van der Waals surface area contributed by atoms with Gasteiger partial charge in [0.05, 0.1) is 0 Å². The Morgan fingerprint density at radius 3 is 2.87 bits per heavy atom. The van der Waals surface area contributed by atoms with E-state index in [4.69, 9.17) is 5.11 Å². The van der Waals surface area contributed by atoms with E-state index in [0.717, 1.165) is 25.1 Å². The Kier molecular flexibility index (Phi) is 5.47. The lowest BCUT2D eigenvalue weighted by Crippen LogP contribution is -2.47. The predicted molar refractivity (Wildman–Crippen MR) is 64.0 cm³/mol. The van der Waals surface area contributed by atoms with Crippen LogP contribution in [-0.2, 0) is 4.79 Å². The average Bonchev–Trinajstić information content (AvgIpc) is 2.22. The zero-order chi connectivity index (χ0) is 11.3. The fraction of sp³-hybridized carbons (Fsp3) is 0.909. The van der Waals surface area contributed by atoms with Gasteiger partial charge in [-0.25, -0.2) is 0 Å². The zero-order valence-corrected chi connectivity index (χ0v) is 10.4. The first-order valence-electron chi connectivity index (χ1n) is 5.68. The van der Waals surface area contributed by atoms with E-state index in [-0.39, 0.29) is 12.5 Å². The lowest BCUT2D eigenvalue weighted by atomic mass is 10.1. The van der Waals surface area contributed by atoms with Crippen molar-refractivity contribution in [2.45, 2.75) is 44.4 Å². The number of carbonyl (C=O) groups is 1. The molecule has 3 nitrogen and oxygen atoms in total. The number of nitrogens with zero attached hydrogens (tertiary/aromatic N) is 1. The van der Waals surface area contributed by atoms with E-state index in [0.29, 0.717) is 17.7 Å². The molecule has 1 heterocycles. The maximum absolute atomic E-state index is 11.9. The Balaban J connectivity index is 2.37. The first-order valence-corrected chi connectivity index (χ1v) is 6.73. The molecule has 88 valence electrons. The molecule has 0 bridgehead atoms. The van der Waals surface area contributed by atoms with Gasteiger partial charge in [0.15, 0.2) is 0 Å². The molecule has 15 heavy (non-hydrogen) atoms. The quantitative estimate of drug-likeness (QED) is 0.745. The summed E-state index contributed by atoms with van der Waals surface area (Å²) in [6.45, 7) is 5.38. The van der Waals surface area contributed by atoms with E-state index in [1.807, 2.05) is 16.7 Å². The Hall–Kier alpha value is -0.220. The van der Waals surface area contributed by atoms with Gasteiger partial charge in [-0.05, 0) is 19.8 Å². The number of unbranched alkanes of at least 4 members (excludes halogenated alkanes) is 1. The third kappa shape index (κ3) is 3.68. The van der Waals surface area contributed by atoms with Gasteiger partial charge >= 0.3 is 0 Å². The summed E-state index contributed by atoms with van der Waals surface area (Å²) in [6, 6.07) is 0.352. The van der Waals surface area contributed by atoms with Crippen LogP contribution in [0, 0.1) is 0 Å². The molecule has 0 aromatic carbocycles. The van der Waals surface area contributed by atoms with Crippen LogP contribution in [0.25, 0.3) is 0 Å². The second-order valence-electron chi connectivity index (χ2n) is 4.08. The molecule has 0 spiro atoms. The number of aliphatic hydroxyl groups excluding tert-OH is 1. The van der Waals surface area contributed by atoms with Crippen molar-refractivity contribution in [1.82, 2.24) is 4.90 Å². The Morgan fingerprint density at radius 1 is 1.47 bits per heavy atom. The zero-order valence-electron chi connectivity index (χ0n) is 9.61. The van der Waals surface area contributed by atoms with Crippen molar-refractivity contribution in [3.63, 3.8) is 0 Å². The number of hydrogen-bond acceptors (Lipinski definition) is 3. The molecule has 1 saturated heterocycles. The summed E-state index contributed by atoms with van der Waals surface area (Å²) in [5, 5.41) is 9.20. The molecular weight excluding hydrogens is 210 g/mol. The highest BCUT2D eigenvalue weighted by Gasteiger charge is 2.28. The highest BCUT2D eigenvalue weighted by atomic mass is 32.2. The van der Waals surface area contributed by atoms with Crippen molar-refractivity contribution in [3.05, 3.63) is 0 Å². The molecule has 1 rings (SSSR count). The van der Waals surface area contributed by atoms with Gasteiger partial charge in [-0.2, -0.15) is 11.8 Å². The second-order valence-corrected chi connectivity index (χ2v) is 5.57. The first kappa shape index (κ1) is 12.8. The Labute approximate surface area is 96.2 Å². The van der Waals surface area contributed by atoms with Crippen LogP contribution in [0.15, 0.2) is 0 Å². The number of aliphatic hydroxyl groups is 1. The summed E-state index contributed by atoms with van der Waals surface area (Å²) in [5.41, 5.74) is 0. The molecule has 0 saturated carbocycles. The predicted octanol–water partition coefficient (Wildman–Crippen LogP) is 1.50. The largest absolute Gasteiger partial charge is 0.396 e. The van der Waals surface area contributed by atoms with Crippen LogP contribution in [0.1, 0.15) is 33.1 Å². The van der Waals surface area contributed by atoms with E-state index in [1.165, 1.54) is 0 Å². The molecule has 4 heteroatoms. The topological polar surface area (TPSA) is 40.5 Å². The smallest absolute Gasteiger partial charge is 0.222 e. The summed E-state index contributed by atoms with van der Waals surface area (Å²) in [7, 11) is 0. The molecule has 1 amide bonds. The number of thioether (sulfide) groups is 1. The van der Waals surface area contributed by atoms with Crippen LogP contribution < -0.4 is 0 Å². The highest BCUT2D eigenvalue weighted by molar-refractivity contribution is 8.00. The van der Waals surface area contributed by atoms with Crippen molar-refractivity contribution in [1.29, 1.82) is 0 Å². The maximum atomic E-state index is 11.9. The van der Waals surface area contributed by atoms with Crippen molar-refractivity contribution in [3.8, 4) is 0 Å². The van der Waals surface area contributed by atoms with E-state index in [1.54, 1.807) is 0 Å². The van der Waals surface area contributed by atoms with Gasteiger partial charge in [0.25, 0.3) is 0 Å². The van der Waals surface area contributed by atoms with Crippen LogP contribution in [0.3, 0.4) is 0 Å². The maximum Gasteiger partial charge on any atom is 0.222 e. The Bertz CT molecular complexity index is 211. The first-order chi connectivity index (χ1) is 7.16. The minimum atomic E-state index is 0.190. The normalized spacial score (nSPS) is 26.7. The molecule has 2 unspecified atom stereocenters. The van der Waals surface area contributed by atoms with E-state index in [2.05, 4.69) is 13.8 Å². The van der Waals surface area contributed by atoms with E-state index in [9.17, 15) is 4.79 Å². The molecule has 1 aliphatic heterocycles. The lowest BCUT2D eigenvalue weighted by molar-refractivity contribution is -0.133. The number of carbonyl (C=O) groups excluding carboxylic acids is 1. The second kappa shape index (κ2) is 6.38. The van der Waals surface area contributed by atoms with Crippen molar-refractivity contribution >= 4 is 17.7 Å². The van der Waals surface area contributed by atoms with E-state index < -0.39 is 0 Å². The monoisotopic (exact) mass is 231 g/mol. The molecule has 0 aromatic heterocycles. The highest BCUT2D eigenvalue weighted by Crippen LogP contribution is 2.24. The van der Waals surface area contributed by atoms with Crippen LogP contribution in [0.4, 0.5) is 0 Å². The molecule has 1 fully saturated rings. The summed E-state index contributed by atoms with van der Waals surface area (Å²) >= 11 is 1.94. The van der Waals surface area contributed by atoms with Gasteiger partial charge in [0.1, 0.15) is 0 Å². The molecule has 2 atom stereocenters. The fourth-order valence-corrected chi connectivity index (χ4v) is 2.92. The minimum Gasteiger partial charge on any atom is -0.396 e. The molecule has 0 radical (unpaired) electrons. The molecule has 1 N–H and O–H groups in total. The van der Waals surface area contributed by atoms with Gasteiger partial charge in [-0.1, -0.05) is 6.92 Å². The summed E-state index contributed by atoms with van der Waals surface area (Å²) in [5.74, 6) is 1.31. The summed E-state index contributed by atoms with van der Waals surface area (Å²) < 4.78 is 0. The summed E-state index contributed by atoms with van der Waals surface area (Å²) in [4.78, 5) is 13.9. The van der Waals surface area contributed by atoms with Crippen LogP contribution in [-0.4, -0.2) is 46.1 Å². The van der Waals surface area contributed by atoms with Gasteiger partial charge < -0.3 is 10.0 Å². The standard InChI is InChI=1S/C11H21NO2S/c1-9-10(2)15-8-6-12(9)11(14)5-3-4-7-13/h9-10,13H,3-8H2,1-2H3. The van der Waals surface area contributed by atoms with E-state index >= 15 is 0 Å². The van der Waals surface area contributed by atoms with Crippen molar-refractivity contribution < 1.29 is 9.90 Å². The SMILES string of the molecule is CC1SCCN(C(=O)CCCCO)C1C. The molecule has 0 aromatic rings. The third-order valence-electron chi connectivity index (χ3n) is 3.00. The third-order valence-corrected chi connectivity index (χ3v) is 4.34. The van der Waals surface area contributed by atoms with Gasteiger partial charge in [0, 0.05) is 36.6 Å². The van der Waals surface area contributed by atoms with Crippen LogP contribution in [0.2, 0.25) is 0 Å². The van der Waals surface area contributed by atoms with Gasteiger partial charge in [-0.15, -0.1) is 0 Å². The lowest BCUT2D eigenvalue weighted by Gasteiger charge is -2.37. The van der Waals surface area contributed by atoms with Crippen LogP contribution >= 0.6 is 11.8 Å². The summed E-state index contributed by atoms with van der Waals surface area (Å²) in [6.07, 6.45) is 2.13. The number of hydrogen-bond donors (Lipinski definition) is 1. The number of rotatable bonds is 4. The van der Waals surface area contributed by atoms with Gasteiger partial charge in [0.2, 0.25) is 5.91 Å². The molecular formula is C11H21NO2S. The average molecular weight is 231 g/mol. The molecule has 1 aliphatic rings. The number of amides is 1. The fourth-order valence-electron chi connectivity index (χ4n) is 1.82. The minimum absolute atomic E-state index is 0.190.